The Morgan fingerprint density at radius 1 is 1.11 bits per heavy atom. The summed E-state index contributed by atoms with van der Waals surface area (Å²) in [7, 11) is 0. The van der Waals surface area contributed by atoms with Gasteiger partial charge in [-0.25, -0.2) is 0 Å². The van der Waals surface area contributed by atoms with Crippen molar-refractivity contribution in [3.8, 4) is 0 Å². The minimum absolute atomic E-state index is 0.00314. The zero-order valence-electron chi connectivity index (χ0n) is 17.5. The second kappa shape index (κ2) is 7.00. The van der Waals surface area contributed by atoms with Gasteiger partial charge in [0.25, 0.3) is 0 Å². The highest BCUT2D eigenvalue weighted by Gasteiger charge is 2.62. The molecule has 0 spiro atoms. The summed E-state index contributed by atoms with van der Waals surface area (Å²) in [6, 6.07) is 0. The zero-order chi connectivity index (χ0) is 20.3. The first-order chi connectivity index (χ1) is 13.1. The smallest absolute Gasteiger partial charge is 0.302 e. The average Bonchev–Trinajstić information content (AvgIpc) is 2.92. The van der Waals surface area contributed by atoms with E-state index in [4.69, 9.17) is 4.74 Å². The number of fused-ring (bicyclic) bond motifs is 5. The van der Waals surface area contributed by atoms with Crippen molar-refractivity contribution in [3.63, 3.8) is 0 Å². The van der Waals surface area contributed by atoms with Gasteiger partial charge in [0.1, 0.15) is 6.10 Å². The fourth-order valence-electron chi connectivity index (χ4n) is 7.18. The Morgan fingerprint density at radius 3 is 2.54 bits per heavy atom. The van der Waals surface area contributed by atoms with E-state index in [1.165, 1.54) is 24.3 Å². The van der Waals surface area contributed by atoms with E-state index < -0.39 is 0 Å². The highest BCUT2D eigenvalue weighted by atomic mass is 32.2. The zero-order valence-corrected chi connectivity index (χ0v) is 18.3. The summed E-state index contributed by atoms with van der Waals surface area (Å²) < 4.78 is 5.76. The third-order valence-electron chi connectivity index (χ3n) is 8.50. The third kappa shape index (κ3) is 3.09. The molecule has 0 heterocycles. The number of esters is 1. The molecular formula is C23H32O4S. The number of hydrogen-bond donors (Lipinski definition) is 0. The van der Waals surface area contributed by atoms with Gasteiger partial charge in [-0.15, -0.1) is 0 Å². The van der Waals surface area contributed by atoms with Crippen LogP contribution in [0.15, 0.2) is 11.6 Å². The van der Waals surface area contributed by atoms with Crippen molar-refractivity contribution in [2.45, 2.75) is 84.0 Å². The van der Waals surface area contributed by atoms with Crippen LogP contribution in [0.4, 0.5) is 0 Å². The Labute approximate surface area is 172 Å². The summed E-state index contributed by atoms with van der Waals surface area (Å²) in [5.74, 6) is 1.49. The van der Waals surface area contributed by atoms with Crippen LogP contribution in [0.5, 0.6) is 0 Å². The first-order valence-electron chi connectivity index (χ1n) is 10.7. The lowest BCUT2D eigenvalue weighted by atomic mass is 9.47. The SMILES string of the molecule is CC(=O)O[C@H]1CC[C@H]2[C@@H]3[C@@H](SC(C)=O)CC4=CC(=O)CC[C@]4(C)[C@H]3CC[C@]12C. The Kier molecular flexibility index (Phi) is 5.05. The van der Waals surface area contributed by atoms with Crippen molar-refractivity contribution < 1.29 is 19.1 Å². The fourth-order valence-corrected chi connectivity index (χ4v) is 8.40. The van der Waals surface area contributed by atoms with Gasteiger partial charge in [-0.1, -0.05) is 31.2 Å². The van der Waals surface area contributed by atoms with Gasteiger partial charge < -0.3 is 4.74 Å². The molecule has 0 saturated heterocycles. The largest absolute Gasteiger partial charge is 0.462 e. The molecule has 7 atom stereocenters. The van der Waals surface area contributed by atoms with Gasteiger partial charge in [-0.2, -0.15) is 0 Å². The van der Waals surface area contributed by atoms with Crippen LogP contribution in [0, 0.1) is 28.6 Å². The van der Waals surface area contributed by atoms with E-state index in [0.29, 0.717) is 24.2 Å². The van der Waals surface area contributed by atoms with Gasteiger partial charge in [0.05, 0.1) is 0 Å². The Balaban J connectivity index is 1.72. The predicted molar refractivity (Wildman–Crippen MR) is 110 cm³/mol. The Hall–Kier alpha value is -1.10. The number of ether oxygens (including phenoxy) is 1. The van der Waals surface area contributed by atoms with Gasteiger partial charge in [-0.3, -0.25) is 14.4 Å². The van der Waals surface area contributed by atoms with Gasteiger partial charge in [0, 0.05) is 30.9 Å². The monoisotopic (exact) mass is 404 g/mol. The molecule has 0 bridgehead atoms. The lowest BCUT2D eigenvalue weighted by molar-refractivity contribution is -0.157. The molecular weight excluding hydrogens is 372 g/mol. The lowest BCUT2D eigenvalue weighted by Gasteiger charge is -2.60. The molecule has 0 aromatic rings. The van der Waals surface area contributed by atoms with Crippen LogP contribution in [0.1, 0.15) is 72.6 Å². The van der Waals surface area contributed by atoms with Gasteiger partial charge in [-0.05, 0) is 67.8 Å². The predicted octanol–water partition coefficient (Wildman–Crippen LogP) is 4.71. The topological polar surface area (TPSA) is 60.4 Å². The maximum Gasteiger partial charge on any atom is 0.302 e. The maximum atomic E-state index is 12.1. The third-order valence-corrected chi connectivity index (χ3v) is 9.62. The van der Waals surface area contributed by atoms with Crippen molar-refractivity contribution in [2.24, 2.45) is 28.6 Å². The minimum atomic E-state index is -0.185. The normalized spacial score (nSPS) is 44.8. The molecule has 0 amide bonds. The average molecular weight is 405 g/mol. The van der Waals surface area contributed by atoms with Crippen molar-refractivity contribution in [1.29, 1.82) is 0 Å². The highest BCUT2D eigenvalue weighted by Crippen LogP contribution is 2.67. The Bertz CT molecular complexity index is 743. The number of rotatable bonds is 2. The summed E-state index contributed by atoms with van der Waals surface area (Å²) in [5.41, 5.74) is 1.36. The molecule has 4 rings (SSSR count). The first-order valence-corrected chi connectivity index (χ1v) is 11.6. The Morgan fingerprint density at radius 2 is 1.86 bits per heavy atom. The van der Waals surface area contributed by atoms with Crippen molar-refractivity contribution in [3.05, 3.63) is 11.6 Å². The molecule has 0 N–H and O–H groups in total. The highest BCUT2D eigenvalue weighted by molar-refractivity contribution is 8.14. The van der Waals surface area contributed by atoms with E-state index in [1.807, 2.05) is 6.08 Å². The van der Waals surface area contributed by atoms with E-state index in [1.54, 1.807) is 6.92 Å². The number of hydrogen-bond acceptors (Lipinski definition) is 5. The van der Waals surface area contributed by atoms with Crippen LogP contribution in [0.3, 0.4) is 0 Å². The second-order valence-electron chi connectivity index (χ2n) is 9.92. The quantitative estimate of drug-likeness (QED) is 0.624. The van der Waals surface area contributed by atoms with Crippen molar-refractivity contribution in [1.82, 2.24) is 0 Å². The molecule has 154 valence electrons. The first kappa shape index (κ1) is 20.2. The standard InChI is InChI=1S/C23H32O4S/c1-13(24)27-20-6-5-17-21-18(8-10-23(17,20)4)22(3)9-7-16(26)11-15(22)12-19(21)28-14(2)25/h11,17-21H,5-10,12H2,1-4H3/t17-,18-,19-,20-,21-,22-,23-/m0/s1. The molecule has 5 heteroatoms. The second-order valence-corrected chi connectivity index (χ2v) is 11.3. The molecule has 0 radical (unpaired) electrons. The van der Waals surface area contributed by atoms with Crippen LogP contribution < -0.4 is 0 Å². The molecule has 3 fully saturated rings. The number of allylic oxidation sites excluding steroid dienone is 1. The maximum absolute atomic E-state index is 12.1. The summed E-state index contributed by atoms with van der Waals surface area (Å²) >= 11 is 1.48. The van der Waals surface area contributed by atoms with Gasteiger partial charge >= 0.3 is 5.97 Å². The van der Waals surface area contributed by atoms with Gasteiger partial charge in [0.2, 0.25) is 0 Å². The summed E-state index contributed by atoms with van der Waals surface area (Å²) in [5, 5.41) is 0.394. The summed E-state index contributed by atoms with van der Waals surface area (Å²) in [4.78, 5) is 35.9. The van der Waals surface area contributed by atoms with Crippen LogP contribution in [0.2, 0.25) is 0 Å². The van der Waals surface area contributed by atoms with Crippen LogP contribution in [0.25, 0.3) is 0 Å². The molecule has 0 aromatic carbocycles. The molecule has 4 aliphatic carbocycles. The number of thioether (sulfide) groups is 1. The molecule has 0 unspecified atom stereocenters. The van der Waals surface area contributed by atoms with E-state index in [9.17, 15) is 14.4 Å². The number of carbonyl (C=O) groups is 3. The van der Waals surface area contributed by atoms with Crippen molar-refractivity contribution in [2.75, 3.05) is 0 Å². The number of ketones is 1. The summed E-state index contributed by atoms with van der Waals surface area (Å²) in [6.45, 7) is 7.83. The molecule has 0 aliphatic heterocycles. The van der Waals surface area contributed by atoms with E-state index in [-0.39, 0.29) is 39.1 Å². The van der Waals surface area contributed by atoms with E-state index in [0.717, 1.165) is 38.5 Å². The lowest BCUT2D eigenvalue weighted by Crippen LogP contribution is -2.55. The van der Waals surface area contributed by atoms with Gasteiger partial charge in [0.15, 0.2) is 10.9 Å². The molecule has 0 aromatic heterocycles. The van der Waals surface area contributed by atoms with Crippen LogP contribution in [-0.2, 0) is 19.1 Å². The fraction of sp³-hybridized carbons (Fsp3) is 0.783. The van der Waals surface area contributed by atoms with Crippen molar-refractivity contribution >= 4 is 28.6 Å². The number of carbonyl (C=O) groups excluding carboxylic acids is 3. The van der Waals surface area contributed by atoms with Crippen LogP contribution >= 0.6 is 11.8 Å². The molecule has 3 saturated carbocycles. The van der Waals surface area contributed by atoms with E-state index >= 15 is 0 Å². The summed E-state index contributed by atoms with van der Waals surface area (Å²) in [6.07, 6.45) is 8.47. The molecule has 4 nitrogen and oxygen atoms in total. The van der Waals surface area contributed by atoms with Crippen LogP contribution in [-0.4, -0.2) is 28.2 Å². The molecule has 28 heavy (non-hydrogen) atoms. The molecule has 4 aliphatic rings. The van der Waals surface area contributed by atoms with E-state index in [2.05, 4.69) is 13.8 Å². The minimum Gasteiger partial charge on any atom is -0.462 e.